The predicted molar refractivity (Wildman–Crippen MR) is 119 cm³/mol. The minimum Gasteiger partial charge on any atom is -0.355 e. The topological polar surface area (TPSA) is 77.5 Å². The van der Waals surface area contributed by atoms with Gasteiger partial charge in [-0.15, -0.1) is 0 Å². The van der Waals surface area contributed by atoms with Gasteiger partial charge in [-0.1, -0.05) is 13.8 Å². The van der Waals surface area contributed by atoms with E-state index in [1.54, 1.807) is 6.20 Å². The maximum atomic E-state index is 12.9. The third kappa shape index (κ3) is 4.47. The zero-order chi connectivity index (χ0) is 21.1. The smallest absolute Gasteiger partial charge is 0.322 e. The fourth-order valence-corrected chi connectivity index (χ4v) is 4.00. The Hall–Kier alpha value is -2.90. The van der Waals surface area contributed by atoms with Gasteiger partial charge in [0.25, 0.3) is 0 Å². The first-order chi connectivity index (χ1) is 14.5. The van der Waals surface area contributed by atoms with Gasteiger partial charge in [-0.2, -0.15) is 0 Å². The van der Waals surface area contributed by atoms with E-state index in [0.717, 1.165) is 55.0 Å². The Morgan fingerprint density at radius 3 is 2.47 bits per heavy atom. The van der Waals surface area contributed by atoms with E-state index in [1.807, 2.05) is 30.0 Å². The molecule has 2 aromatic rings. The molecule has 4 rings (SSSR count). The molecule has 0 radical (unpaired) electrons. The first kappa shape index (κ1) is 20.4. The second-order valence-electron chi connectivity index (χ2n) is 8.35. The van der Waals surface area contributed by atoms with E-state index in [2.05, 4.69) is 38.9 Å². The molecule has 8 heteroatoms. The van der Waals surface area contributed by atoms with Crippen molar-refractivity contribution in [1.82, 2.24) is 19.9 Å². The molecule has 0 spiro atoms. The van der Waals surface area contributed by atoms with Crippen molar-refractivity contribution in [3.8, 4) is 0 Å². The number of aryl methyl sites for hydroxylation is 1. The van der Waals surface area contributed by atoms with Crippen LogP contribution >= 0.6 is 0 Å². The van der Waals surface area contributed by atoms with Crippen LogP contribution < -0.4 is 15.1 Å². The van der Waals surface area contributed by atoms with Crippen LogP contribution in [0.3, 0.4) is 0 Å². The summed E-state index contributed by atoms with van der Waals surface area (Å²) in [5.41, 5.74) is 1.77. The molecule has 2 aromatic heterocycles. The summed E-state index contributed by atoms with van der Waals surface area (Å²) in [6.45, 7) is 11.0. The monoisotopic (exact) mass is 409 g/mol. The Morgan fingerprint density at radius 1 is 1.03 bits per heavy atom. The van der Waals surface area contributed by atoms with Crippen LogP contribution in [0.2, 0.25) is 0 Å². The van der Waals surface area contributed by atoms with Gasteiger partial charge >= 0.3 is 6.03 Å². The first-order valence-electron chi connectivity index (χ1n) is 10.9. The van der Waals surface area contributed by atoms with E-state index in [0.29, 0.717) is 19.0 Å². The average molecular weight is 410 g/mol. The summed E-state index contributed by atoms with van der Waals surface area (Å²) in [5.74, 6) is 2.99. The van der Waals surface area contributed by atoms with E-state index >= 15 is 0 Å². The molecular weight excluding hydrogens is 378 g/mol. The number of pyridine rings is 1. The lowest BCUT2D eigenvalue weighted by atomic mass is 10.2. The van der Waals surface area contributed by atoms with Crippen molar-refractivity contribution in [1.29, 1.82) is 0 Å². The number of carbonyl (C=O) groups excluding carboxylic acids is 1. The number of nitrogens with one attached hydrogen (secondary N) is 1. The SMILES string of the molecule is Cc1cc(N2CCN(C(=O)Nc3cccnc3N3CCCC3)CC2)nc(C(C)C)n1. The minimum atomic E-state index is -0.0650. The van der Waals surface area contributed by atoms with Crippen LogP contribution in [0.4, 0.5) is 22.1 Å². The quantitative estimate of drug-likeness (QED) is 0.835. The third-order valence-electron chi connectivity index (χ3n) is 5.70. The summed E-state index contributed by atoms with van der Waals surface area (Å²) in [5, 5.41) is 3.08. The molecule has 2 saturated heterocycles. The van der Waals surface area contributed by atoms with Gasteiger partial charge < -0.3 is 20.0 Å². The number of rotatable bonds is 4. The molecule has 8 nitrogen and oxygen atoms in total. The number of anilines is 3. The first-order valence-corrected chi connectivity index (χ1v) is 10.9. The molecule has 1 N–H and O–H groups in total. The molecule has 4 heterocycles. The molecule has 0 saturated carbocycles. The number of hydrogen-bond acceptors (Lipinski definition) is 6. The van der Waals surface area contributed by atoms with E-state index in [9.17, 15) is 4.79 Å². The zero-order valence-corrected chi connectivity index (χ0v) is 18.1. The van der Waals surface area contributed by atoms with Crippen LogP contribution in [0.5, 0.6) is 0 Å². The van der Waals surface area contributed by atoms with Crippen molar-refractivity contribution in [3.05, 3.63) is 35.9 Å². The lowest BCUT2D eigenvalue weighted by Crippen LogP contribution is -2.50. The standard InChI is InChI=1S/C22H31N7O/c1-16(2)20-24-17(3)15-19(26-20)27-11-13-29(14-12-27)22(30)25-18-7-6-8-23-21(18)28-9-4-5-10-28/h6-8,15-16H,4-5,9-14H2,1-3H3,(H,25,30). The molecule has 160 valence electrons. The summed E-state index contributed by atoms with van der Waals surface area (Å²) >= 11 is 0. The molecule has 2 aliphatic rings. The average Bonchev–Trinajstić information content (AvgIpc) is 3.28. The highest BCUT2D eigenvalue weighted by molar-refractivity contribution is 5.92. The highest BCUT2D eigenvalue weighted by atomic mass is 16.2. The van der Waals surface area contributed by atoms with Crippen molar-refractivity contribution in [2.45, 2.75) is 39.5 Å². The number of aromatic nitrogens is 3. The van der Waals surface area contributed by atoms with Gasteiger partial charge in [0.15, 0.2) is 5.82 Å². The summed E-state index contributed by atoms with van der Waals surface area (Å²) in [7, 11) is 0. The Morgan fingerprint density at radius 2 is 1.77 bits per heavy atom. The molecule has 0 aliphatic carbocycles. The highest BCUT2D eigenvalue weighted by Gasteiger charge is 2.24. The molecule has 2 amide bonds. The van der Waals surface area contributed by atoms with Crippen molar-refractivity contribution in [2.24, 2.45) is 0 Å². The summed E-state index contributed by atoms with van der Waals surface area (Å²) in [6, 6.07) is 5.77. The van der Waals surface area contributed by atoms with Crippen LogP contribution in [0, 0.1) is 6.92 Å². The molecule has 0 unspecified atom stereocenters. The lowest BCUT2D eigenvalue weighted by Gasteiger charge is -2.35. The van der Waals surface area contributed by atoms with Crippen molar-refractivity contribution in [2.75, 3.05) is 54.4 Å². The van der Waals surface area contributed by atoms with Gasteiger partial charge in [0, 0.05) is 63.1 Å². The normalized spacial score (nSPS) is 17.0. The van der Waals surface area contributed by atoms with E-state index < -0.39 is 0 Å². The minimum absolute atomic E-state index is 0.0650. The van der Waals surface area contributed by atoms with Gasteiger partial charge in [0.05, 0.1) is 5.69 Å². The van der Waals surface area contributed by atoms with Crippen LogP contribution in [-0.4, -0.2) is 65.2 Å². The van der Waals surface area contributed by atoms with E-state index in [1.165, 1.54) is 12.8 Å². The molecule has 0 bridgehead atoms. The van der Waals surface area contributed by atoms with Gasteiger partial charge in [0.2, 0.25) is 0 Å². The molecular formula is C22H31N7O. The maximum Gasteiger partial charge on any atom is 0.322 e. The van der Waals surface area contributed by atoms with Gasteiger partial charge in [-0.3, -0.25) is 0 Å². The Balaban J connectivity index is 1.39. The van der Waals surface area contributed by atoms with Crippen molar-refractivity contribution in [3.63, 3.8) is 0 Å². The number of carbonyl (C=O) groups is 1. The summed E-state index contributed by atoms with van der Waals surface area (Å²) < 4.78 is 0. The third-order valence-corrected chi connectivity index (χ3v) is 5.70. The fraction of sp³-hybridized carbons (Fsp3) is 0.545. The van der Waals surface area contributed by atoms with E-state index in [4.69, 9.17) is 4.98 Å². The number of urea groups is 1. The van der Waals surface area contributed by atoms with Crippen LogP contribution in [0.25, 0.3) is 0 Å². The second-order valence-corrected chi connectivity index (χ2v) is 8.35. The number of nitrogens with zero attached hydrogens (tertiary/aromatic N) is 6. The number of hydrogen-bond donors (Lipinski definition) is 1. The summed E-state index contributed by atoms with van der Waals surface area (Å²) in [4.78, 5) is 33.0. The predicted octanol–water partition coefficient (Wildman–Crippen LogP) is 3.26. The Labute approximate surface area is 178 Å². The molecule has 0 aromatic carbocycles. The number of amides is 2. The molecule has 2 fully saturated rings. The fourth-order valence-electron chi connectivity index (χ4n) is 4.00. The van der Waals surface area contributed by atoms with Crippen LogP contribution in [0.15, 0.2) is 24.4 Å². The molecule has 2 aliphatic heterocycles. The van der Waals surface area contributed by atoms with Crippen LogP contribution in [0.1, 0.15) is 44.1 Å². The largest absolute Gasteiger partial charge is 0.355 e. The Kier molecular flexibility index (Phi) is 6.01. The van der Waals surface area contributed by atoms with Crippen molar-refractivity contribution < 1.29 is 4.79 Å². The van der Waals surface area contributed by atoms with E-state index in [-0.39, 0.29) is 6.03 Å². The summed E-state index contributed by atoms with van der Waals surface area (Å²) in [6.07, 6.45) is 4.14. The molecule has 30 heavy (non-hydrogen) atoms. The number of piperazine rings is 1. The molecule has 0 atom stereocenters. The lowest BCUT2D eigenvalue weighted by molar-refractivity contribution is 0.208. The highest BCUT2D eigenvalue weighted by Crippen LogP contribution is 2.26. The van der Waals surface area contributed by atoms with Crippen molar-refractivity contribution >= 4 is 23.4 Å². The maximum absolute atomic E-state index is 12.9. The van der Waals surface area contributed by atoms with Crippen LogP contribution in [-0.2, 0) is 0 Å². The zero-order valence-electron chi connectivity index (χ0n) is 18.1. The Bertz CT molecular complexity index is 887. The van der Waals surface area contributed by atoms with Gasteiger partial charge in [-0.25, -0.2) is 19.7 Å². The second kappa shape index (κ2) is 8.85. The van der Waals surface area contributed by atoms with Gasteiger partial charge in [0.1, 0.15) is 11.6 Å². The van der Waals surface area contributed by atoms with Gasteiger partial charge in [-0.05, 0) is 31.9 Å².